The van der Waals surface area contributed by atoms with Crippen molar-refractivity contribution in [2.24, 2.45) is 0 Å². The molecule has 3 aromatic rings. The maximum atomic E-state index is 6.05. The highest BCUT2D eigenvalue weighted by molar-refractivity contribution is 5.94. The zero-order chi connectivity index (χ0) is 20.1. The maximum absolute atomic E-state index is 6.05. The van der Waals surface area contributed by atoms with Crippen LogP contribution in [-0.2, 0) is 4.74 Å². The number of anilines is 1. The van der Waals surface area contributed by atoms with Gasteiger partial charge >= 0.3 is 0 Å². The molecule has 2 fully saturated rings. The third-order valence-electron chi connectivity index (χ3n) is 5.44. The van der Waals surface area contributed by atoms with Crippen LogP contribution in [0.3, 0.4) is 0 Å². The summed E-state index contributed by atoms with van der Waals surface area (Å²) in [5.41, 5.74) is 2.64. The summed E-state index contributed by atoms with van der Waals surface area (Å²) < 4.78 is 12.1. The molecule has 2 aromatic heterocycles. The van der Waals surface area contributed by atoms with Crippen molar-refractivity contribution < 1.29 is 9.47 Å². The quantitative estimate of drug-likeness (QED) is 0.713. The molecule has 0 amide bonds. The molecular formula is C22H27N5O2. The van der Waals surface area contributed by atoms with Crippen molar-refractivity contribution >= 4 is 16.7 Å². The van der Waals surface area contributed by atoms with Crippen molar-refractivity contribution in [3.05, 3.63) is 36.5 Å². The van der Waals surface area contributed by atoms with Gasteiger partial charge in [-0.25, -0.2) is 4.98 Å². The Morgan fingerprint density at radius 2 is 2.03 bits per heavy atom. The number of ether oxygens (including phenoxy) is 2. The zero-order valence-corrected chi connectivity index (χ0v) is 17.2. The summed E-state index contributed by atoms with van der Waals surface area (Å²) in [5, 5.41) is 12.1. The Morgan fingerprint density at radius 3 is 2.79 bits per heavy atom. The first-order valence-electron chi connectivity index (χ1n) is 10.1. The molecule has 2 N–H and O–H groups in total. The third kappa shape index (κ3) is 3.56. The van der Waals surface area contributed by atoms with E-state index in [1.165, 1.54) is 0 Å². The minimum atomic E-state index is -0.246. The topological polar surface area (TPSA) is 75.3 Å². The number of pyridine rings is 1. The number of benzene rings is 1. The standard InChI is InChI=1S/C22H27N5O2/c1-21(2,3)29-16-4-5-18-17(11-16)20(26-25-18)15-6-7-24-19(10-15)27-8-9-28-22(14-27)12-23-13-22/h4-7,10-11,23H,8-9,12-14H2,1-3H3,(H,25,26). The number of H-pyrrole nitrogens is 1. The first-order valence-corrected chi connectivity index (χ1v) is 10.1. The molecular weight excluding hydrogens is 366 g/mol. The molecule has 0 unspecified atom stereocenters. The summed E-state index contributed by atoms with van der Waals surface area (Å²) in [7, 11) is 0. The van der Waals surface area contributed by atoms with Gasteiger partial charge in [-0.15, -0.1) is 0 Å². The molecule has 0 aliphatic carbocycles. The van der Waals surface area contributed by atoms with E-state index in [0.717, 1.165) is 66.5 Å². The third-order valence-corrected chi connectivity index (χ3v) is 5.44. The van der Waals surface area contributed by atoms with Gasteiger partial charge in [-0.05, 0) is 51.1 Å². The van der Waals surface area contributed by atoms with E-state index in [1.807, 2.05) is 24.4 Å². The minimum absolute atomic E-state index is 0.0613. The SMILES string of the molecule is CC(C)(C)Oc1ccc2[nH]nc(-c3ccnc(N4CCOC5(CNC5)C4)c3)c2c1. The summed E-state index contributed by atoms with van der Waals surface area (Å²) in [6.07, 6.45) is 1.86. The van der Waals surface area contributed by atoms with Crippen molar-refractivity contribution in [3.63, 3.8) is 0 Å². The van der Waals surface area contributed by atoms with Gasteiger partial charge < -0.3 is 19.7 Å². The Bertz CT molecular complexity index is 1040. The van der Waals surface area contributed by atoms with E-state index >= 15 is 0 Å². The van der Waals surface area contributed by atoms with E-state index in [2.05, 4.69) is 58.3 Å². The smallest absolute Gasteiger partial charge is 0.129 e. The van der Waals surface area contributed by atoms with Crippen LogP contribution in [0.4, 0.5) is 5.82 Å². The van der Waals surface area contributed by atoms with E-state index in [4.69, 9.17) is 9.47 Å². The number of nitrogens with one attached hydrogen (secondary N) is 2. The minimum Gasteiger partial charge on any atom is -0.488 e. The Labute approximate surface area is 170 Å². The summed E-state index contributed by atoms with van der Waals surface area (Å²) in [6.45, 7) is 10.4. The number of morpholine rings is 1. The van der Waals surface area contributed by atoms with Gasteiger partial charge in [0.05, 0.1) is 18.7 Å². The molecule has 1 spiro atoms. The Kier molecular flexibility index (Phi) is 4.26. The monoisotopic (exact) mass is 393 g/mol. The number of aromatic amines is 1. The Balaban J connectivity index is 1.47. The van der Waals surface area contributed by atoms with Gasteiger partial charge in [0.2, 0.25) is 0 Å². The fourth-order valence-corrected chi connectivity index (χ4v) is 4.03. The molecule has 0 saturated carbocycles. The van der Waals surface area contributed by atoms with E-state index in [0.29, 0.717) is 0 Å². The number of nitrogens with zero attached hydrogens (tertiary/aromatic N) is 3. The molecule has 2 saturated heterocycles. The molecule has 7 nitrogen and oxygen atoms in total. The predicted molar refractivity (Wildman–Crippen MR) is 113 cm³/mol. The molecule has 5 rings (SSSR count). The molecule has 0 bridgehead atoms. The fourth-order valence-electron chi connectivity index (χ4n) is 4.03. The molecule has 2 aliphatic heterocycles. The largest absolute Gasteiger partial charge is 0.488 e. The van der Waals surface area contributed by atoms with Crippen molar-refractivity contribution in [1.82, 2.24) is 20.5 Å². The van der Waals surface area contributed by atoms with Crippen LogP contribution >= 0.6 is 0 Å². The van der Waals surface area contributed by atoms with Crippen LogP contribution in [0.2, 0.25) is 0 Å². The van der Waals surface area contributed by atoms with Gasteiger partial charge in [-0.2, -0.15) is 5.10 Å². The van der Waals surface area contributed by atoms with Crippen molar-refractivity contribution in [2.45, 2.75) is 32.0 Å². The van der Waals surface area contributed by atoms with E-state index in [1.54, 1.807) is 0 Å². The molecule has 1 aromatic carbocycles. The first-order chi connectivity index (χ1) is 13.9. The van der Waals surface area contributed by atoms with Crippen LogP contribution in [0.1, 0.15) is 20.8 Å². The number of hydrogen-bond acceptors (Lipinski definition) is 6. The number of aromatic nitrogens is 3. The Hall–Kier alpha value is -2.64. The van der Waals surface area contributed by atoms with Gasteiger partial charge in [0, 0.05) is 36.8 Å². The highest BCUT2D eigenvalue weighted by Crippen LogP contribution is 2.32. The molecule has 0 atom stereocenters. The number of rotatable bonds is 3. The normalized spacial score (nSPS) is 18.8. The summed E-state index contributed by atoms with van der Waals surface area (Å²) in [5.74, 6) is 1.81. The molecule has 2 aliphatic rings. The lowest BCUT2D eigenvalue weighted by molar-refractivity contribution is -0.0883. The second-order valence-corrected chi connectivity index (χ2v) is 8.95. The summed E-state index contributed by atoms with van der Waals surface area (Å²) >= 11 is 0. The second kappa shape index (κ2) is 6.71. The summed E-state index contributed by atoms with van der Waals surface area (Å²) in [4.78, 5) is 6.95. The highest BCUT2D eigenvalue weighted by atomic mass is 16.5. The van der Waals surface area contributed by atoms with Gasteiger partial charge in [0.1, 0.15) is 28.5 Å². The molecule has 152 valence electrons. The first kappa shape index (κ1) is 18.4. The summed E-state index contributed by atoms with van der Waals surface area (Å²) in [6, 6.07) is 10.2. The van der Waals surface area contributed by atoms with Gasteiger partial charge in [-0.3, -0.25) is 5.10 Å². The zero-order valence-electron chi connectivity index (χ0n) is 17.2. The maximum Gasteiger partial charge on any atom is 0.129 e. The lowest BCUT2D eigenvalue weighted by atomic mass is 9.94. The van der Waals surface area contributed by atoms with E-state index < -0.39 is 0 Å². The van der Waals surface area contributed by atoms with E-state index in [-0.39, 0.29) is 11.2 Å². The Morgan fingerprint density at radius 1 is 1.17 bits per heavy atom. The van der Waals surface area contributed by atoms with Crippen molar-refractivity contribution in [3.8, 4) is 17.0 Å². The van der Waals surface area contributed by atoms with Gasteiger partial charge in [-0.1, -0.05) is 0 Å². The van der Waals surface area contributed by atoms with Crippen LogP contribution in [0.25, 0.3) is 22.2 Å². The van der Waals surface area contributed by atoms with E-state index in [9.17, 15) is 0 Å². The second-order valence-electron chi connectivity index (χ2n) is 8.95. The van der Waals surface area contributed by atoms with Gasteiger partial charge in [0.15, 0.2) is 0 Å². The van der Waals surface area contributed by atoms with Crippen molar-refractivity contribution in [2.75, 3.05) is 37.7 Å². The van der Waals surface area contributed by atoms with Crippen LogP contribution in [0.5, 0.6) is 5.75 Å². The van der Waals surface area contributed by atoms with Crippen LogP contribution < -0.4 is 15.0 Å². The van der Waals surface area contributed by atoms with Crippen LogP contribution in [0, 0.1) is 0 Å². The lowest BCUT2D eigenvalue weighted by Crippen LogP contribution is -2.69. The fraction of sp³-hybridized carbons (Fsp3) is 0.455. The predicted octanol–water partition coefficient (Wildman–Crippen LogP) is 2.98. The van der Waals surface area contributed by atoms with Crippen LogP contribution in [0.15, 0.2) is 36.5 Å². The lowest BCUT2D eigenvalue weighted by Gasteiger charge is -2.49. The van der Waals surface area contributed by atoms with Gasteiger partial charge in [0.25, 0.3) is 0 Å². The average molecular weight is 393 g/mol. The highest BCUT2D eigenvalue weighted by Gasteiger charge is 2.42. The molecule has 7 heteroatoms. The average Bonchev–Trinajstić information content (AvgIpc) is 3.09. The molecule has 29 heavy (non-hydrogen) atoms. The molecule has 4 heterocycles. The molecule has 0 radical (unpaired) electrons. The van der Waals surface area contributed by atoms with Crippen molar-refractivity contribution in [1.29, 1.82) is 0 Å². The number of fused-ring (bicyclic) bond motifs is 1. The number of hydrogen-bond donors (Lipinski definition) is 2. The van der Waals surface area contributed by atoms with Crippen LogP contribution in [-0.4, -0.2) is 59.2 Å².